The first-order valence-corrected chi connectivity index (χ1v) is 7.87. The van der Waals surface area contributed by atoms with Gasteiger partial charge < -0.3 is 10.6 Å². The predicted molar refractivity (Wildman–Crippen MR) is 86.9 cm³/mol. The largest absolute Gasteiger partial charge is 0.322 e. The highest BCUT2D eigenvalue weighted by molar-refractivity contribution is 5.33. The SMILES string of the molecule is Cc1ccc(C(N)C2(N(C)C)CCCC(C)C2)cc1C. The van der Waals surface area contributed by atoms with E-state index in [1.54, 1.807) is 0 Å². The van der Waals surface area contributed by atoms with E-state index < -0.39 is 0 Å². The van der Waals surface area contributed by atoms with Crippen LogP contribution < -0.4 is 5.73 Å². The maximum Gasteiger partial charge on any atom is 0.0482 e. The summed E-state index contributed by atoms with van der Waals surface area (Å²) in [5, 5.41) is 0. The smallest absolute Gasteiger partial charge is 0.0482 e. The van der Waals surface area contributed by atoms with Gasteiger partial charge in [0.25, 0.3) is 0 Å². The summed E-state index contributed by atoms with van der Waals surface area (Å²) >= 11 is 0. The molecule has 2 N–H and O–H groups in total. The predicted octanol–water partition coefficient (Wildman–Crippen LogP) is 3.81. The number of hydrogen-bond acceptors (Lipinski definition) is 2. The van der Waals surface area contributed by atoms with Crippen molar-refractivity contribution < 1.29 is 0 Å². The molecule has 0 saturated heterocycles. The van der Waals surface area contributed by atoms with Gasteiger partial charge in [-0.25, -0.2) is 0 Å². The maximum absolute atomic E-state index is 6.75. The first kappa shape index (κ1) is 15.5. The molecule has 2 rings (SSSR count). The van der Waals surface area contributed by atoms with Gasteiger partial charge in [0.2, 0.25) is 0 Å². The van der Waals surface area contributed by atoms with Gasteiger partial charge in [-0.3, -0.25) is 0 Å². The third-order valence-electron chi connectivity index (χ3n) is 5.37. The van der Waals surface area contributed by atoms with Gasteiger partial charge in [-0.2, -0.15) is 0 Å². The lowest BCUT2D eigenvalue weighted by atomic mass is 9.70. The summed E-state index contributed by atoms with van der Waals surface area (Å²) < 4.78 is 0. The Bertz CT molecular complexity index is 466. The van der Waals surface area contributed by atoms with Crippen LogP contribution in [0.1, 0.15) is 55.3 Å². The van der Waals surface area contributed by atoms with Crippen LogP contribution >= 0.6 is 0 Å². The van der Waals surface area contributed by atoms with E-state index in [1.165, 1.54) is 42.4 Å². The molecule has 0 spiro atoms. The molecule has 3 atom stereocenters. The number of rotatable bonds is 3. The number of nitrogens with zero attached hydrogens (tertiary/aromatic N) is 1. The minimum absolute atomic E-state index is 0.0968. The van der Waals surface area contributed by atoms with Crippen molar-refractivity contribution >= 4 is 0 Å². The molecule has 0 radical (unpaired) electrons. The molecule has 1 aliphatic carbocycles. The molecule has 2 heteroatoms. The minimum Gasteiger partial charge on any atom is -0.322 e. The summed E-state index contributed by atoms with van der Waals surface area (Å²) in [6.07, 6.45) is 5.04. The third kappa shape index (κ3) is 2.77. The maximum atomic E-state index is 6.75. The van der Waals surface area contributed by atoms with Gasteiger partial charge in [0, 0.05) is 11.6 Å². The molecule has 0 heterocycles. The van der Waals surface area contributed by atoms with Crippen molar-refractivity contribution in [3.8, 4) is 0 Å². The zero-order valence-corrected chi connectivity index (χ0v) is 13.7. The molecule has 112 valence electrons. The average Bonchev–Trinajstić information content (AvgIpc) is 2.40. The molecular weight excluding hydrogens is 244 g/mol. The fourth-order valence-electron chi connectivity index (χ4n) is 3.80. The van der Waals surface area contributed by atoms with Crippen LogP contribution in [-0.2, 0) is 0 Å². The Morgan fingerprint density at radius 2 is 1.95 bits per heavy atom. The van der Waals surface area contributed by atoms with Crippen molar-refractivity contribution in [3.05, 3.63) is 34.9 Å². The van der Waals surface area contributed by atoms with E-state index in [2.05, 4.69) is 58.0 Å². The zero-order chi connectivity index (χ0) is 14.9. The lowest BCUT2D eigenvalue weighted by Gasteiger charge is -2.49. The van der Waals surface area contributed by atoms with Crippen molar-refractivity contribution in [1.29, 1.82) is 0 Å². The number of aryl methyl sites for hydroxylation is 2. The van der Waals surface area contributed by atoms with Gasteiger partial charge >= 0.3 is 0 Å². The van der Waals surface area contributed by atoms with Crippen molar-refractivity contribution in [3.63, 3.8) is 0 Å². The fourth-order valence-corrected chi connectivity index (χ4v) is 3.80. The molecule has 0 bridgehead atoms. The molecule has 1 aromatic rings. The van der Waals surface area contributed by atoms with Crippen molar-refractivity contribution in [2.45, 2.75) is 58.0 Å². The van der Waals surface area contributed by atoms with Gasteiger partial charge in [-0.05, 0) is 63.4 Å². The second-order valence-corrected chi connectivity index (χ2v) is 7.02. The molecule has 0 aliphatic heterocycles. The molecule has 0 aromatic heterocycles. The molecule has 1 aliphatic rings. The van der Waals surface area contributed by atoms with E-state index in [9.17, 15) is 0 Å². The summed E-state index contributed by atoms with van der Waals surface area (Å²) in [6, 6.07) is 6.81. The second kappa shape index (κ2) is 5.87. The Balaban J connectivity index is 2.35. The second-order valence-electron chi connectivity index (χ2n) is 7.02. The van der Waals surface area contributed by atoms with E-state index in [0.717, 1.165) is 5.92 Å². The van der Waals surface area contributed by atoms with Crippen molar-refractivity contribution in [2.75, 3.05) is 14.1 Å². The normalized spacial score (nSPS) is 28.6. The zero-order valence-electron chi connectivity index (χ0n) is 13.7. The fraction of sp³-hybridized carbons (Fsp3) is 0.667. The van der Waals surface area contributed by atoms with Gasteiger partial charge in [-0.1, -0.05) is 38.0 Å². The number of nitrogens with two attached hydrogens (primary N) is 1. The number of likely N-dealkylation sites (N-methyl/N-ethyl adjacent to an activating group) is 1. The molecule has 1 fully saturated rings. The number of benzene rings is 1. The van der Waals surface area contributed by atoms with E-state index >= 15 is 0 Å². The summed E-state index contributed by atoms with van der Waals surface area (Å²) in [6.45, 7) is 6.71. The Morgan fingerprint density at radius 1 is 1.25 bits per heavy atom. The first-order valence-electron chi connectivity index (χ1n) is 7.87. The van der Waals surface area contributed by atoms with Crippen LogP contribution in [0.2, 0.25) is 0 Å². The van der Waals surface area contributed by atoms with Gasteiger partial charge in [0.05, 0.1) is 0 Å². The highest BCUT2D eigenvalue weighted by atomic mass is 15.2. The molecular formula is C18H30N2. The third-order valence-corrected chi connectivity index (χ3v) is 5.37. The van der Waals surface area contributed by atoms with Crippen molar-refractivity contribution in [1.82, 2.24) is 4.90 Å². The van der Waals surface area contributed by atoms with Gasteiger partial charge in [-0.15, -0.1) is 0 Å². The lowest BCUT2D eigenvalue weighted by molar-refractivity contribution is 0.0499. The topological polar surface area (TPSA) is 29.3 Å². The van der Waals surface area contributed by atoms with Crippen molar-refractivity contribution in [2.24, 2.45) is 11.7 Å². The average molecular weight is 274 g/mol. The van der Waals surface area contributed by atoms with E-state index in [-0.39, 0.29) is 11.6 Å². The highest BCUT2D eigenvalue weighted by Crippen LogP contribution is 2.43. The molecule has 0 amide bonds. The monoisotopic (exact) mass is 274 g/mol. The minimum atomic E-state index is 0.0968. The van der Waals surface area contributed by atoms with Crippen LogP contribution in [0.4, 0.5) is 0 Å². The summed E-state index contributed by atoms with van der Waals surface area (Å²) in [5.74, 6) is 0.767. The van der Waals surface area contributed by atoms with Crippen LogP contribution in [0.25, 0.3) is 0 Å². The Morgan fingerprint density at radius 3 is 2.50 bits per heavy atom. The molecule has 1 saturated carbocycles. The standard InChI is InChI=1S/C18H30N2/c1-13-7-6-10-18(12-13,20(4)5)17(19)16-9-8-14(2)15(3)11-16/h8-9,11,13,17H,6-7,10,12,19H2,1-5H3. The lowest BCUT2D eigenvalue weighted by Crippen LogP contribution is -2.54. The van der Waals surface area contributed by atoms with Crippen LogP contribution in [0, 0.1) is 19.8 Å². The van der Waals surface area contributed by atoms with Crippen LogP contribution in [-0.4, -0.2) is 24.5 Å². The summed E-state index contributed by atoms with van der Waals surface area (Å²) in [5.41, 5.74) is 10.8. The van der Waals surface area contributed by atoms with E-state index in [4.69, 9.17) is 5.73 Å². The Labute approximate surface area is 124 Å². The molecule has 3 unspecified atom stereocenters. The summed E-state index contributed by atoms with van der Waals surface area (Å²) in [7, 11) is 4.39. The number of hydrogen-bond donors (Lipinski definition) is 1. The van der Waals surface area contributed by atoms with Gasteiger partial charge in [0.15, 0.2) is 0 Å². The first-order chi connectivity index (χ1) is 9.36. The van der Waals surface area contributed by atoms with Crippen LogP contribution in [0.3, 0.4) is 0 Å². The highest BCUT2D eigenvalue weighted by Gasteiger charge is 2.42. The summed E-state index contributed by atoms with van der Waals surface area (Å²) in [4.78, 5) is 2.38. The quantitative estimate of drug-likeness (QED) is 0.908. The molecule has 2 nitrogen and oxygen atoms in total. The van der Waals surface area contributed by atoms with E-state index in [1.807, 2.05) is 0 Å². The van der Waals surface area contributed by atoms with Gasteiger partial charge in [0.1, 0.15) is 0 Å². The molecule has 1 aromatic carbocycles. The van der Waals surface area contributed by atoms with E-state index in [0.29, 0.717) is 0 Å². The van der Waals surface area contributed by atoms with Crippen LogP contribution in [0.15, 0.2) is 18.2 Å². The Hall–Kier alpha value is -0.860. The van der Waals surface area contributed by atoms with Crippen LogP contribution in [0.5, 0.6) is 0 Å². The Kier molecular flexibility index (Phi) is 4.55. The molecule has 20 heavy (non-hydrogen) atoms.